The molecule has 0 saturated heterocycles. The first-order valence-corrected chi connectivity index (χ1v) is 10.4. The van der Waals surface area contributed by atoms with Gasteiger partial charge >= 0.3 is 0 Å². The van der Waals surface area contributed by atoms with Crippen LogP contribution < -0.4 is 20.3 Å². The van der Waals surface area contributed by atoms with E-state index in [0.29, 0.717) is 42.0 Å². The zero-order valence-corrected chi connectivity index (χ0v) is 16.6. The molecule has 3 heterocycles. The number of nitrogens with zero attached hydrogens (tertiary/aromatic N) is 2. The highest BCUT2D eigenvalue weighted by Gasteiger charge is 2.16. The van der Waals surface area contributed by atoms with E-state index in [-0.39, 0.29) is 11.5 Å². The lowest BCUT2D eigenvalue weighted by molar-refractivity contribution is 0.0951. The van der Waals surface area contributed by atoms with Crippen molar-refractivity contribution >= 4 is 16.8 Å². The molecule has 0 bridgehead atoms. The predicted molar refractivity (Wildman–Crippen MR) is 112 cm³/mol. The third kappa shape index (κ3) is 3.51. The van der Waals surface area contributed by atoms with Gasteiger partial charge in [0.2, 0.25) is 0 Å². The first kappa shape index (κ1) is 18.7. The topological polar surface area (TPSA) is 82.5 Å². The largest absolute Gasteiger partial charge is 0.486 e. The number of aryl methyl sites for hydroxylation is 1. The normalized spacial score (nSPS) is 15.3. The van der Waals surface area contributed by atoms with Crippen molar-refractivity contribution in [2.24, 2.45) is 0 Å². The van der Waals surface area contributed by atoms with Gasteiger partial charge in [-0.1, -0.05) is 12.5 Å². The number of hydrogen-bond acceptors (Lipinski definition) is 5. The van der Waals surface area contributed by atoms with Gasteiger partial charge in [0.05, 0.1) is 10.9 Å². The number of hydrogen-bond donors (Lipinski definition) is 1. The van der Waals surface area contributed by atoms with Crippen LogP contribution in [0.5, 0.6) is 11.5 Å². The summed E-state index contributed by atoms with van der Waals surface area (Å²) in [4.78, 5) is 30.2. The van der Waals surface area contributed by atoms with E-state index in [1.165, 1.54) is 0 Å². The van der Waals surface area contributed by atoms with E-state index in [0.717, 1.165) is 49.4 Å². The summed E-state index contributed by atoms with van der Waals surface area (Å²) in [7, 11) is 0. The molecular weight excluding hydrogens is 382 g/mol. The van der Waals surface area contributed by atoms with Crippen LogP contribution in [0, 0.1) is 0 Å². The van der Waals surface area contributed by atoms with Gasteiger partial charge in [0, 0.05) is 25.1 Å². The molecule has 0 radical (unpaired) electrons. The van der Waals surface area contributed by atoms with Gasteiger partial charge in [-0.3, -0.25) is 14.2 Å². The van der Waals surface area contributed by atoms with E-state index in [1.807, 2.05) is 18.2 Å². The maximum atomic E-state index is 12.8. The quantitative estimate of drug-likeness (QED) is 0.725. The molecular formula is C23H23N3O4. The van der Waals surface area contributed by atoms with Crippen LogP contribution >= 0.6 is 0 Å². The molecule has 7 heteroatoms. The Hall–Kier alpha value is -3.35. The molecule has 2 aliphatic heterocycles. The molecule has 154 valence electrons. The Labute approximate surface area is 173 Å². The summed E-state index contributed by atoms with van der Waals surface area (Å²) in [6.07, 6.45) is 3.94. The van der Waals surface area contributed by atoms with Crippen molar-refractivity contribution in [3.05, 3.63) is 63.7 Å². The molecule has 0 atom stereocenters. The number of aromatic nitrogens is 2. The van der Waals surface area contributed by atoms with E-state index in [1.54, 1.807) is 22.8 Å². The minimum Gasteiger partial charge on any atom is -0.486 e. The minimum absolute atomic E-state index is 0.0138. The van der Waals surface area contributed by atoms with Gasteiger partial charge in [-0.15, -0.1) is 0 Å². The monoisotopic (exact) mass is 405 g/mol. The molecule has 2 aromatic carbocycles. The lowest BCUT2D eigenvalue weighted by Gasteiger charge is -2.19. The third-order valence-electron chi connectivity index (χ3n) is 5.64. The first-order chi connectivity index (χ1) is 14.7. The second kappa shape index (κ2) is 7.82. The van der Waals surface area contributed by atoms with Gasteiger partial charge in [-0.05, 0) is 48.7 Å². The molecule has 1 aromatic heterocycles. The summed E-state index contributed by atoms with van der Waals surface area (Å²) >= 11 is 0. The Balaban J connectivity index is 1.36. The fourth-order valence-electron chi connectivity index (χ4n) is 4.04. The van der Waals surface area contributed by atoms with Crippen LogP contribution in [-0.2, 0) is 19.5 Å². The van der Waals surface area contributed by atoms with Crippen LogP contribution in [-0.4, -0.2) is 28.7 Å². The van der Waals surface area contributed by atoms with Crippen molar-refractivity contribution in [3.8, 4) is 11.5 Å². The van der Waals surface area contributed by atoms with Crippen LogP contribution in [0.25, 0.3) is 10.9 Å². The molecule has 3 aromatic rings. The van der Waals surface area contributed by atoms with Crippen molar-refractivity contribution in [1.29, 1.82) is 0 Å². The zero-order valence-electron chi connectivity index (χ0n) is 16.6. The predicted octanol–water partition coefficient (Wildman–Crippen LogP) is 2.82. The number of nitrogens with one attached hydrogen (secondary N) is 1. The summed E-state index contributed by atoms with van der Waals surface area (Å²) < 4.78 is 12.9. The average Bonchev–Trinajstić information content (AvgIpc) is 3.03. The number of fused-ring (bicyclic) bond motifs is 3. The molecule has 30 heavy (non-hydrogen) atoms. The summed E-state index contributed by atoms with van der Waals surface area (Å²) in [5.41, 5.74) is 1.99. The van der Waals surface area contributed by atoms with Gasteiger partial charge in [0.1, 0.15) is 19.0 Å². The Bertz CT molecular complexity index is 1190. The lowest BCUT2D eigenvalue weighted by atomic mass is 10.1. The summed E-state index contributed by atoms with van der Waals surface area (Å²) in [6, 6.07) is 10.8. The van der Waals surface area contributed by atoms with Crippen molar-refractivity contribution < 1.29 is 14.3 Å². The Morgan fingerprint density at radius 2 is 1.90 bits per heavy atom. The Morgan fingerprint density at radius 3 is 2.80 bits per heavy atom. The summed E-state index contributed by atoms with van der Waals surface area (Å²) in [6.45, 7) is 2.16. The highest BCUT2D eigenvalue weighted by molar-refractivity contribution is 5.97. The Kier molecular flexibility index (Phi) is 4.86. The molecule has 7 nitrogen and oxygen atoms in total. The Morgan fingerprint density at radius 1 is 1.03 bits per heavy atom. The molecule has 0 aliphatic carbocycles. The molecule has 1 N–H and O–H groups in total. The van der Waals surface area contributed by atoms with Crippen molar-refractivity contribution in [2.45, 2.75) is 38.8 Å². The maximum absolute atomic E-state index is 12.8. The van der Waals surface area contributed by atoms with Crippen LogP contribution in [0.4, 0.5) is 0 Å². The third-order valence-corrected chi connectivity index (χ3v) is 5.64. The van der Waals surface area contributed by atoms with E-state index >= 15 is 0 Å². The molecule has 0 fully saturated rings. The minimum atomic E-state index is -0.205. The molecule has 0 unspecified atom stereocenters. The maximum Gasteiger partial charge on any atom is 0.261 e. The number of carbonyl (C=O) groups is 1. The summed E-state index contributed by atoms with van der Waals surface area (Å²) in [5, 5.41) is 3.49. The SMILES string of the molecule is O=C(NCc1ccc2c(c1)OCCO2)c1ccc2c(=O)n3c(nc2c1)CCCCC3. The standard InChI is InChI=1S/C23H23N3O4/c27-22(24-14-15-5-8-19-20(12-15)30-11-10-29-19)16-6-7-17-18(13-16)25-21-4-2-1-3-9-26(21)23(17)28/h5-8,12-13H,1-4,9-11,14H2,(H,24,27). The first-order valence-electron chi connectivity index (χ1n) is 10.4. The van der Waals surface area contributed by atoms with Crippen LogP contribution in [0.3, 0.4) is 0 Å². The second-order valence-corrected chi connectivity index (χ2v) is 7.69. The van der Waals surface area contributed by atoms with E-state index in [2.05, 4.69) is 5.32 Å². The smallest absolute Gasteiger partial charge is 0.261 e. The molecule has 1 amide bonds. The molecule has 5 rings (SSSR count). The van der Waals surface area contributed by atoms with Crippen molar-refractivity contribution in [1.82, 2.24) is 14.9 Å². The lowest BCUT2D eigenvalue weighted by Crippen LogP contribution is -2.25. The number of benzene rings is 2. The van der Waals surface area contributed by atoms with Gasteiger partial charge in [0.25, 0.3) is 11.5 Å². The second-order valence-electron chi connectivity index (χ2n) is 7.69. The molecule has 2 aliphatic rings. The fourth-order valence-corrected chi connectivity index (χ4v) is 4.04. The van der Waals surface area contributed by atoms with Crippen LogP contribution in [0.1, 0.15) is 41.0 Å². The highest BCUT2D eigenvalue weighted by Crippen LogP contribution is 2.30. The van der Waals surface area contributed by atoms with Gasteiger partial charge in [-0.2, -0.15) is 0 Å². The van der Waals surface area contributed by atoms with Crippen LogP contribution in [0.2, 0.25) is 0 Å². The van der Waals surface area contributed by atoms with Gasteiger partial charge < -0.3 is 14.8 Å². The van der Waals surface area contributed by atoms with E-state index in [9.17, 15) is 9.59 Å². The summed E-state index contributed by atoms with van der Waals surface area (Å²) in [5.74, 6) is 2.04. The number of carbonyl (C=O) groups excluding carboxylic acids is 1. The number of rotatable bonds is 3. The molecule has 0 spiro atoms. The zero-order chi connectivity index (χ0) is 20.5. The highest BCUT2D eigenvalue weighted by atomic mass is 16.6. The molecule has 0 saturated carbocycles. The van der Waals surface area contributed by atoms with Gasteiger partial charge in [-0.25, -0.2) is 4.98 Å². The number of amides is 1. The van der Waals surface area contributed by atoms with E-state index in [4.69, 9.17) is 14.5 Å². The van der Waals surface area contributed by atoms with Gasteiger partial charge in [0.15, 0.2) is 11.5 Å². The fraction of sp³-hybridized carbons (Fsp3) is 0.348. The average molecular weight is 405 g/mol. The van der Waals surface area contributed by atoms with Crippen LogP contribution in [0.15, 0.2) is 41.2 Å². The number of ether oxygens (including phenoxy) is 2. The van der Waals surface area contributed by atoms with Crippen molar-refractivity contribution in [2.75, 3.05) is 13.2 Å². The van der Waals surface area contributed by atoms with Crippen molar-refractivity contribution in [3.63, 3.8) is 0 Å². The van der Waals surface area contributed by atoms with E-state index < -0.39 is 0 Å².